The van der Waals surface area contributed by atoms with Crippen LogP contribution in [-0.2, 0) is 13.0 Å². The van der Waals surface area contributed by atoms with Crippen molar-refractivity contribution in [3.05, 3.63) is 34.5 Å². The van der Waals surface area contributed by atoms with Crippen LogP contribution in [0.5, 0.6) is 0 Å². The summed E-state index contributed by atoms with van der Waals surface area (Å²) >= 11 is 1.73. The van der Waals surface area contributed by atoms with Gasteiger partial charge in [0.2, 0.25) is 0 Å². The molecule has 90 valence electrons. The van der Waals surface area contributed by atoms with E-state index < -0.39 is 0 Å². The standard InChI is InChI=1S/C13H17N3S/c1-4-10-12(8-14-3)17-13(16-10)11-7-5-6-9(2)15-11/h5-7,14H,4,8H2,1-3H3. The molecule has 17 heavy (non-hydrogen) atoms. The molecule has 0 aromatic carbocycles. The number of hydrogen-bond acceptors (Lipinski definition) is 4. The summed E-state index contributed by atoms with van der Waals surface area (Å²) in [7, 11) is 1.96. The third kappa shape index (κ3) is 2.70. The molecule has 0 fully saturated rings. The first-order valence-corrected chi connectivity index (χ1v) is 6.63. The maximum Gasteiger partial charge on any atom is 0.142 e. The molecule has 0 aliphatic rings. The van der Waals surface area contributed by atoms with Crippen molar-refractivity contribution in [3.63, 3.8) is 0 Å². The van der Waals surface area contributed by atoms with Crippen LogP contribution in [0.3, 0.4) is 0 Å². The Morgan fingerprint density at radius 2 is 2.12 bits per heavy atom. The van der Waals surface area contributed by atoms with E-state index in [2.05, 4.69) is 22.2 Å². The quantitative estimate of drug-likeness (QED) is 0.902. The van der Waals surface area contributed by atoms with E-state index in [1.54, 1.807) is 11.3 Å². The van der Waals surface area contributed by atoms with Crippen LogP contribution < -0.4 is 5.32 Å². The van der Waals surface area contributed by atoms with E-state index in [1.807, 2.05) is 32.2 Å². The van der Waals surface area contributed by atoms with Gasteiger partial charge < -0.3 is 5.32 Å². The van der Waals surface area contributed by atoms with Crippen molar-refractivity contribution in [1.29, 1.82) is 0 Å². The van der Waals surface area contributed by atoms with Gasteiger partial charge in [-0.1, -0.05) is 13.0 Å². The van der Waals surface area contributed by atoms with Crippen molar-refractivity contribution in [2.45, 2.75) is 26.8 Å². The molecular weight excluding hydrogens is 230 g/mol. The van der Waals surface area contributed by atoms with Gasteiger partial charge in [0.15, 0.2) is 0 Å². The molecule has 0 amide bonds. The van der Waals surface area contributed by atoms with Crippen LogP contribution in [0.25, 0.3) is 10.7 Å². The minimum Gasteiger partial charge on any atom is -0.315 e. The summed E-state index contributed by atoms with van der Waals surface area (Å²) in [5.41, 5.74) is 3.20. The second kappa shape index (κ2) is 5.38. The highest BCUT2D eigenvalue weighted by Gasteiger charge is 2.11. The van der Waals surface area contributed by atoms with Crippen molar-refractivity contribution in [3.8, 4) is 10.7 Å². The molecule has 0 saturated heterocycles. The molecule has 3 nitrogen and oxygen atoms in total. The molecule has 2 aromatic heterocycles. The molecule has 4 heteroatoms. The summed E-state index contributed by atoms with van der Waals surface area (Å²) in [6.07, 6.45) is 0.972. The van der Waals surface area contributed by atoms with Crippen LogP contribution in [-0.4, -0.2) is 17.0 Å². The van der Waals surface area contributed by atoms with Gasteiger partial charge in [0.1, 0.15) is 5.01 Å². The zero-order valence-corrected chi connectivity index (χ0v) is 11.3. The van der Waals surface area contributed by atoms with Gasteiger partial charge >= 0.3 is 0 Å². The minimum atomic E-state index is 0.882. The van der Waals surface area contributed by atoms with Crippen LogP contribution in [0.1, 0.15) is 23.2 Å². The normalized spacial score (nSPS) is 10.8. The van der Waals surface area contributed by atoms with Crippen LogP contribution in [0, 0.1) is 6.92 Å². The average Bonchev–Trinajstić information content (AvgIpc) is 2.73. The summed E-state index contributed by atoms with van der Waals surface area (Å²) in [4.78, 5) is 10.5. The number of rotatable bonds is 4. The molecule has 1 N–H and O–H groups in total. The molecule has 0 bridgehead atoms. The number of hydrogen-bond donors (Lipinski definition) is 1. The fourth-order valence-corrected chi connectivity index (χ4v) is 2.86. The largest absolute Gasteiger partial charge is 0.315 e. The average molecular weight is 247 g/mol. The first kappa shape index (κ1) is 12.2. The number of aromatic nitrogens is 2. The predicted octanol–water partition coefficient (Wildman–Crippen LogP) is 2.80. The van der Waals surface area contributed by atoms with Gasteiger partial charge in [-0.05, 0) is 32.5 Å². The lowest BCUT2D eigenvalue weighted by atomic mass is 10.3. The highest BCUT2D eigenvalue weighted by atomic mass is 32.1. The monoisotopic (exact) mass is 247 g/mol. The Morgan fingerprint density at radius 1 is 1.29 bits per heavy atom. The van der Waals surface area contributed by atoms with E-state index in [0.717, 1.165) is 29.4 Å². The molecule has 0 spiro atoms. The molecule has 2 aromatic rings. The molecular formula is C13H17N3S. The van der Waals surface area contributed by atoms with Gasteiger partial charge in [0.05, 0.1) is 11.4 Å². The van der Waals surface area contributed by atoms with Gasteiger partial charge in [-0.2, -0.15) is 0 Å². The van der Waals surface area contributed by atoms with E-state index >= 15 is 0 Å². The lowest BCUT2D eigenvalue weighted by Crippen LogP contribution is -2.05. The fraction of sp³-hybridized carbons (Fsp3) is 0.385. The Hall–Kier alpha value is -1.26. The molecule has 2 heterocycles. The highest BCUT2D eigenvalue weighted by molar-refractivity contribution is 7.15. The van der Waals surface area contributed by atoms with E-state index in [-0.39, 0.29) is 0 Å². The zero-order valence-electron chi connectivity index (χ0n) is 10.4. The Bertz CT molecular complexity index is 505. The Labute approximate surface area is 106 Å². The van der Waals surface area contributed by atoms with Gasteiger partial charge in [-0.25, -0.2) is 4.98 Å². The SMILES string of the molecule is CCc1nc(-c2cccc(C)n2)sc1CNC. The van der Waals surface area contributed by atoms with E-state index in [4.69, 9.17) is 0 Å². The maximum absolute atomic E-state index is 4.67. The second-order valence-electron chi connectivity index (χ2n) is 3.94. The summed E-state index contributed by atoms with van der Waals surface area (Å²) in [6, 6.07) is 6.06. The summed E-state index contributed by atoms with van der Waals surface area (Å²) in [6.45, 7) is 5.03. The van der Waals surface area contributed by atoms with Gasteiger partial charge in [-0.15, -0.1) is 11.3 Å². The minimum absolute atomic E-state index is 0.882. The second-order valence-corrected chi connectivity index (χ2v) is 5.02. The molecule has 0 saturated carbocycles. The summed E-state index contributed by atoms with van der Waals surface area (Å²) < 4.78 is 0. The molecule has 2 rings (SSSR count). The highest BCUT2D eigenvalue weighted by Crippen LogP contribution is 2.27. The van der Waals surface area contributed by atoms with Crippen LogP contribution in [0.2, 0.25) is 0 Å². The van der Waals surface area contributed by atoms with E-state index in [0.29, 0.717) is 0 Å². The number of nitrogens with one attached hydrogen (secondary N) is 1. The Kier molecular flexibility index (Phi) is 3.86. The first-order chi connectivity index (χ1) is 8.24. The molecule has 0 radical (unpaired) electrons. The third-order valence-electron chi connectivity index (χ3n) is 2.56. The Balaban J connectivity index is 2.39. The lowest BCUT2D eigenvalue weighted by molar-refractivity contribution is 0.814. The van der Waals surface area contributed by atoms with Crippen LogP contribution >= 0.6 is 11.3 Å². The maximum atomic E-state index is 4.67. The van der Waals surface area contributed by atoms with Gasteiger partial charge in [0, 0.05) is 17.1 Å². The number of pyridine rings is 1. The van der Waals surface area contributed by atoms with Crippen molar-refractivity contribution in [2.24, 2.45) is 0 Å². The van der Waals surface area contributed by atoms with Gasteiger partial charge in [-0.3, -0.25) is 4.98 Å². The molecule has 0 unspecified atom stereocenters. The lowest BCUT2D eigenvalue weighted by Gasteiger charge is -1.96. The van der Waals surface area contributed by atoms with Crippen molar-refractivity contribution in [1.82, 2.24) is 15.3 Å². The zero-order chi connectivity index (χ0) is 12.3. The third-order valence-corrected chi connectivity index (χ3v) is 3.68. The molecule has 0 aliphatic heterocycles. The summed E-state index contributed by atoms with van der Waals surface area (Å²) in [5.74, 6) is 0. The fourth-order valence-electron chi connectivity index (χ4n) is 1.73. The van der Waals surface area contributed by atoms with Crippen LogP contribution in [0.4, 0.5) is 0 Å². The van der Waals surface area contributed by atoms with E-state index in [1.165, 1.54) is 10.6 Å². The first-order valence-electron chi connectivity index (χ1n) is 5.81. The van der Waals surface area contributed by atoms with Crippen molar-refractivity contribution < 1.29 is 0 Å². The topological polar surface area (TPSA) is 37.8 Å². The Morgan fingerprint density at radius 3 is 2.76 bits per heavy atom. The predicted molar refractivity (Wildman–Crippen MR) is 72.2 cm³/mol. The number of thiazole rings is 1. The summed E-state index contributed by atoms with van der Waals surface area (Å²) in [5, 5.41) is 4.21. The number of nitrogens with zero attached hydrogens (tertiary/aromatic N) is 2. The molecule has 0 atom stereocenters. The molecule has 0 aliphatic carbocycles. The van der Waals surface area contributed by atoms with E-state index in [9.17, 15) is 0 Å². The van der Waals surface area contributed by atoms with Gasteiger partial charge in [0.25, 0.3) is 0 Å². The number of aryl methyl sites for hydroxylation is 2. The van der Waals surface area contributed by atoms with Crippen LogP contribution in [0.15, 0.2) is 18.2 Å². The van der Waals surface area contributed by atoms with Crippen molar-refractivity contribution >= 4 is 11.3 Å². The van der Waals surface area contributed by atoms with Crippen molar-refractivity contribution in [2.75, 3.05) is 7.05 Å². The smallest absolute Gasteiger partial charge is 0.142 e.